The number of likely N-dealkylation sites (tertiary alicyclic amines) is 1. The van der Waals surface area contributed by atoms with Gasteiger partial charge in [0, 0.05) is 31.4 Å². The number of anilines is 3. The Morgan fingerprint density at radius 3 is 2.54 bits per heavy atom. The summed E-state index contributed by atoms with van der Waals surface area (Å²) in [6.07, 6.45) is 8.01. The van der Waals surface area contributed by atoms with Crippen molar-refractivity contribution in [2.24, 2.45) is 5.92 Å². The topological polar surface area (TPSA) is 73.3 Å². The minimum absolute atomic E-state index is 0.0496. The molecule has 0 amide bonds. The van der Waals surface area contributed by atoms with Crippen LogP contribution in [0, 0.1) is 11.7 Å². The van der Waals surface area contributed by atoms with Crippen LogP contribution in [-0.2, 0) is 0 Å². The quantitative estimate of drug-likeness (QED) is 0.542. The molecule has 0 radical (unpaired) electrons. The van der Waals surface area contributed by atoms with Crippen molar-refractivity contribution in [3.05, 3.63) is 41.6 Å². The molecule has 10 heteroatoms. The largest absolute Gasteiger partial charge is 0.341 e. The van der Waals surface area contributed by atoms with Crippen LogP contribution in [-0.4, -0.2) is 82.6 Å². The Balaban J connectivity index is 1.23. The SMILES string of the molecule is CN(C)C1CCN(CC2CCN(c3ncc4ncnc(Nc5ccc(F)c(Cl)c5)c4n3)CC2)CC1. The smallest absolute Gasteiger partial charge is 0.226 e. The fourth-order valence-corrected chi connectivity index (χ4v) is 5.28. The average Bonchev–Trinajstić information content (AvgIpc) is 2.87. The van der Waals surface area contributed by atoms with Crippen LogP contribution >= 0.6 is 11.6 Å². The maximum Gasteiger partial charge on any atom is 0.226 e. The van der Waals surface area contributed by atoms with E-state index in [2.05, 4.69) is 49.1 Å². The Labute approximate surface area is 210 Å². The molecule has 2 fully saturated rings. The molecule has 0 atom stereocenters. The van der Waals surface area contributed by atoms with Gasteiger partial charge in [-0.15, -0.1) is 0 Å². The fraction of sp³-hybridized carbons (Fsp3) is 0.520. The summed E-state index contributed by atoms with van der Waals surface area (Å²) in [6, 6.07) is 5.19. The van der Waals surface area contributed by atoms with Crippen molar-refractivity contribution in [2.45, 2.75) is 31.7 Å². The van der Waals surface area contributed by atoms with Crippen molar-refractivity contribution in [1.82, 2.24) is 29.7 Å². The molecule has 1 aromatic carbocycles. The van der Waals surface area contributed by atoms with Gasteiger partial charge in [0.25, 0.3) is 0 Å². The first-order valence-corrected chi connectivity index (χ1v) is 12.7. The van der Waals surface area contributed by atoms with Crippen molar-refractivity contribution in [2.75, 3.05) is 57.0 Å². The van der Waals surface area contributed by atoms with Crippen molar-refractivity contribution >= 4 is 40.1 Å². The third-order valence-electron chi connectivity index (χ3n) is 7.25. The summed E-state index contributed by atoms with van der Waals surface area (Å²) in [5.74, 6) is 1.48. The molecule has 0 spiro atoms. The molecule has 186 valence electrons. The van der Waals surface area contributed by atoms with Gasteiger partial charge in [0.05, 0.1) is 11.2 Å². The third kappa shape index (κ3) is 5.63. The van der Waals surface area contributed by atoms with Crippen LogP contribution in [0.4, 0.5) is 21.8 Å². The second-order valence-electron chi connectivity index (χ2n) is 9.81. The lowest BCUT2D eigenvalue weighted by atomic mass is 9.94. The first-order chi connectivity index (χ1) is 17.0. The molecule has 4 heterocycles. The highest BCUT2D eigenvalue weighted by Gasteiger charge is 2.26. The molecule has 2 aliphatic heterocycles. The van der Waals surface area contributed by atoms with Gasteiger partial charge in [0.1, 0.15) is 23.2 Å². The molecule has 2 saturated heterocycles. The van der Waals surface area contributed by atoms with Gasteiger partial charge in [-0.2, -0.15) is 0 Å². The number of piperidine rings is 2. The Hall–Kier alpha value is -2.62. The van der Waals surface area contributed by atoms with Gasteiger partial charge < -0.3 is 20.0 Å². The van der Waals surface area contributed by atoms with Crippen molar-refractivity contribution in [1.29, 1.82) is 0 Å². The molecule has 2 aromatic heterocycles. The number of fused-ring (bicyclic) bond motifs is 1. The highest BCUT2D eigenvalue weighted by atomic mass is 35.5. The van der Waals surface area contributed by atoms with E-state index >= 15 is 0 Å². The van der Waals surface area contributed by atoms with Gasteiger partial charge in [0.15, 0.2) is 5.82 Å². The van der Waals surface area contributed by atoms with E-state index < -0.39 is 5.82 Å². The monoisotopic (exact) mass is 498 g/mol. The zero-order chi connectivity index (χ0) is 24.4. The highest BCUT2D eigenvalue weighted by Crippen LogP contribution is 2.28. The number of aromatic nitrogens is 4. The lowest BCUT2D eigenvalue weighted by Crippen LogP contribution is -2.45. The lowest BCUT2D eigenvalue weighted by molar-refractivity contribution is 0.124. The molecule has 0 saturated carbocycles. The van der Waals surface area contributed by atoms with Gasteiger partial charge in [0.2, 0.25) is 5.95 Å². The first-order valence-electron chi connectivity index (χ1n) is 12.3. The molecular formula is C25H32ClFN8. The van der Waals surface area contributed by atoms with E-state index in [1.165, 1.54) is 50.9 Å². The molecule has 35 heavy (non-hydrogen) atoms. The minimum atomic E-state index is -0.462. The van der Waals surface area contributed by atoms with E-state index in [0.717, 1.165) is 32.0 Å². The Bertz CT molecular complexity index is 1160. The van der Waals surface area contributed by atoms with E-state index in [0.29, 0.717) is 34.4 Å². The van der Waals surface area contributed by atoms with E-state index in [-0.39, 0.29) is 5.02 Å². The number of nitrogens with one attached hydrogen (secondary N) is 1. The Morgan fingerprint density at radius 2 is 1.83 bits per heavy atom. The molecular weight excluding hydrogens is 467 g/mol. The predicted molar refractivity (Wildman–Crippen MR) is 138 cm³/mol. The number of hydrogen-bond acceptors (Lipinski definition) is 8. The van der Waals surface area contributed by atoms with Crippen LogP contribution in [0.3, 0.4) is 0 Å². The summed E-state index contributed by atoms with van der Waals surface area (Å²) >= 11 is 5.93. The standard InChI is InChI=1S/C25H32ClFN8/c1-33(2)19-7-9-34(10-8-19)15-17-5-11-35(12-6-17)25-28-14-22-23(32-25)24(30-16-29-22)31-18-3-4-21(27)20(26)13-18/h3-4,13-14,16-17,19H,5-12,15H2,1-2H3,(H,29,30,31). The summed E-state index contributed by atoms with van der Waals surface area (Å²) in [7, 11) is 4.38. The minimum Gasteiger partial charge on any atom is -0.341 e. The summed E-state index contributed by atoms with van der Waals surface area (Å²) in [4.78, 5) is 25.3. The van der Waals surface area contributed by atoms with Crippen LogP contribution < -0.4 is 10.2 Å². The number of nitrogens with zero attached hydrogens (tertiary/aromatic N) is 7. The summed E-state index contributed by atoms with van der Waals surface area (Å²) in [6.45, 7) is 5.47. The fourth-order valence-electron chi connectivity index (χ4n) is 5.10. The molecule has 1 N–H and O–H groups in total. The van der Waals surface area contributed by atoms with Crippen LogP contribution in [0.15, 0.2) is 30.7 Å². The molecule has 0 aliphatic carbocycles. The zero-order valence-corrected chi connectivity index (χ0v) is 21.0. The average molecular weight is 499 g/mol. The van der Waals surface area contributed by atoms with E-state index in [1.54, 1.807) is 12.3 Å². The second kappa shape index (κ2) is 10.6. The molecule has 3 aromatic rings. The van der Waals surface area contributed by atoms with Gasteiger partial charge in [-0.05, 0) is 77.0 Å². The van der Waals surface area contributed by atoms with Crippen LogP contribution in [0.1, 0.15) is 25.7 Å². The number of hydrogen-bond donors (Lipinski definition) is 1. The zero-order valence-electron chi connectivity index (χ0n) is 20.3. The predicted octanol–water partition coefficient (Wildman–Crippen LogP) is 4.20. The molecule has 2 aliphatic rings. The third-order valence-corrected chi connectivity index (χ3v) is 7.54. The van der Waals surface area contributed by atoms with Crippen molar-refractivity contribution in [3.8, 4) is 0 Å². The second-order valence-corrected chi connectivity index (χ2v) is 10.2. The number of halogens is 2. The van der Waals surface area contributed by atoms with Crippen LogP contribution in [0.5, 0.6) is 0 Å². The lowest BCUT2D eigenvalue weighted by Gasteiger charge is -2.39. The molecule has 0 unspecified atom stereocenters. The summed E-state index contributed by atoms with van der Waals surface area (Å²) < 4.78 is 13.5. The maximum atomic E-state index is 13.5. The van der Waals surface area contributed by atoms with Crippen molar-refractivity contribution < 1.29 is 4.39 Å². The highest BCUT2D eigenvalue weighted by molar-refractivity contribution is 6.31. The van der Waals surface area contributed by atoms with Gasteiger partial charge in [-0.3, -0.25) is 0 Å². The van der Waals surface area contributed by atoms with Crippen LogP contribution in [0.25, 0.3) is 11.0 Å². The normalized spacial score (nSPS) is 18.5. The maximum absolute atomic E-state index is 13.5. The van der Waals surface area contributed by atoms with E-state index in [4.69, 9.17) is 16.6 Å². The van der Waals surface area contributed by atoms with Gasteiger partial charge in [-0.25, -0.2) is 24.3 Å². The van der Waals surface area contributed by atoms with Crippen molar-refractivity contribution in [3.63, 3.8) is 0 Å². The summed E-state index contributed by atoms with van der Waals surface area (Å²) in [5.41, 5.74) is 1.91. The molecule has 8 nitrogen and oxygen atoms in total. The molecule has 0 bridgehead atoms. The Kier molecular flexibility index (Phi) is 7.27. The van der Waals surface area contributed by atoms with E-state index in [1.807, 2.05) is 0 Å². The number of benzene rings is 1. The first kappa shape index (κ1) is 24.1. The Morgan fingerprint density at radius 1 is 1.06 bits per heavy atom. The van der Waals surface area contributed by atoms with Gasteiger partial charge in [-0.1, -0.05) is 11.6 Å². The van der Waals surface area contributed by atoms with E-state index in [9.17, 15) is 4.39 Å². The van der Waals surface area contributed by atoms with Crippen LogP contribution in [0.2, 0.25) is 5.02 Å². The number of rotatable bonds is 6. The summed E-state index contributed by atoms with van der Waals surface area (Å²) in [5, 5.41) is 3.24. The molecule has 5 rings (SSSR count). The van der Waals surface area contributed by atoms with Gasteiger partial charge >= 0.3 is 0 Å².